The number of aromatic amines is 1. The Balaban J connectivity index is 1.57. The molecule has 0 spiro atoms. The second-order valence-electron chi connectivity index (χ2n) is 7.27. The molecule has 0 unspecified atom stereocenters. The molecule has 0 saturated carbocycles. The van der Waals surface area contributed by atoms with Gasteiger partial charge >= 0.3 is 0 Å². The number of hydrogen-bond donors (Lipinski definition) is 1. The lowest BCUT2D eigenvalue weighted by molar-refractivity contribution is 0.310. The molecular formula is C21H21ClN4. The molecule has 1 fully saturated rings. The Kier molecular flexibility index (Phi) is 3.76. The van der Waals surface area contributed by atoms with Gasteiger partial charge in [-0.15, -0.1) is 0 Å². The summed E-state index contributed by atoms with van der Waals surface area (Å²) in [5.74, 6) is 0. The average molecular weight is 365 g/mol. The van der Waals surface area contributed by atoms with Crippen LogP contribution in [0.2, 0.25) is 5.02 Å². The van der Waals surface area contributed by atoms with Gasteiger partial charge in [-0.25, -0.2) is 4.98 Å². The molecule has 0 radical (unpaired) electrons. The lowest BCUT2D eigenvalue weighted by Crippen LogP contribution is -2.26. The fraction of sp³-hybridized carbons (Fsp3) is 0.286. The summed E-state index contributed by atoms with van der Waals surface area (Å²) in [5.41, 5.74) is 5.70. The first-order chi connectivity index (χ1) is 12.7. The molecule has 1 N–H and O–H groups in total. The van der Waals surface area contributed by atoms with Crippen LogP contribution in [0.15, 0.2) is 48.9 Å². The van der Waals surface area contributed by atoms with Crippen molar-refractivity contribution in [1.82, 2.24) is 19.4 Å². The van der Waals surface area contributed by atoms with Crippen LogP contribution in [0.5, 0.6) is 0 Å². The van der Waals surface area contributed by atoms with Crippen LogP contribution in [-0.2, 0) is 6.42 Å². The minimum absolute atomic E-state index is 0.647. The Morgan fingerprint density at radius 1 is 1.23 bits per heavy atom. The van der Waals surface area contributed by atoms with Gasteiger partial charge in [-0.1, -0.05) is 11.6 Å². The van der Waals surface area contributed by atoms with Crippen LogP contribution in [0.1, 0.15) is 18.4 Å². The lowest BCUT2D eigenvalue weighted by atomic mass is 10.0. The van der Waals surface area contributed by atoms with Gasteiger partial charge in [0, 0.05) is 33.9 Å². The van der Waals surface area contributed by atoms with Gasteiger partial charge in [-0.2, -0.15) is 0 Å². The fourth-order valence-electron chi connectivity index (χ4n) is 4.17. The standard InChI is InChI=1S/C21H21ClN4/c1-25-8-2-3-16(25)9-14-12-23-19-6-5-17(11-18(14)19)26-13-24-20-10-15(22)4-7-21(20)26/h4-7,10-13,16,23H,2-3,8-9H2,1H3/t16-/m1/s1. The molecule has 2 aromatic carbocycles. The highest BCUT2D eigenvalue weighted by Crippen LogP contribution is 2.28. The van der Waals surface area contributed by atoms with Gasteiger partial charge in [0.2, 0.25) is 0 Å². The number of rotatable bonds is 3. The Bertz CT molecular complexity index is 1090. The quantitative estimate of drug-likeness (QED) is 0.567. The Labute approximate surface area is 157 Å². The zero-order valence-corrected chi connectivity index (χ0v) is 15.5. The van der Waals surface area contributed by atoms with E-state index in [1.54, 1.807) is 0 Å². The van der Waals surface area contributed by atoms with Gasteiger partial charge in [0.15, 0.2) is 0 Å². The SMILES string of the molecule is CN1CCC[C@@H]1Cc1c[nH]c2ccc(-n3cnc4cc(Cl)ccc43)cc12. The van der Waals surface area contributed by atoms with Crippen LogP contribution in [0.4, 0.5) is 0 Å². The van der Waals surface area contributed by atoms with Crippen LogP contribution < -0.4 is 0 Å². The maximum absolute atomic E-state index is 6.09. The molecule has 26 heavy (non-hydrogen) atoms. The topological polar surface area (TPSA) is 36.9 Å². The maximum Gasteiger partial charge on any atom is 0.100 e. The number of aromatic nitrogens is 3. The second kappa shape index (κ2) is 6.15. The summed E-state index contributed by atoms with van der Waals surface area (Å²) in [5, 5.41) is 2.02. The number of benzene rings is 2. The van der Waals surface area contributed by atoms with E-state index in [2.05, 4.69) is 50.9 Å². The monoisotopic (exact) mass is 364 g/mol. The van der Waals surface area contributed by atoms with Gasteiger partial charge in [0.25, 0.3) is 0 Å². The molecule has 3 heterocycles. The third-order valence-corrected chi connectivity index (χ3v) is 5.90. The normalized spacial score (nSPS) is 18.3. The summed E-state index contributed by atoms with van der Waals surface area (Å²) in [6.07, 6.45) is 7.74. The number of nitrogens with zero attached hydrogens (tertiary/aromatic N) is 3. The van der Waals surface area contributed by atoms with Crippen molar-refractivity contribution < 1.29 is 0 Å². The van der Waals surface area contributed by atoms with Crippen molar-refractivity contribution in [3.05, 3.63) is 59.5 Å². The van der Waals surface area contributed by atoms with Crippen molar-refractivity contribution >= 4 is 33.5 Å². The Morgan fingerprint density at radius 2 is 2.15 bits per heavy atom. The summed E-state index contributed by atoms with van der Waals surface area (Å²) in [6.45, 7) is 1.21. The van der Waals surface area contributed by atoms with Crippen LogP contribution in [-0.4, -0.2) is 39.1 Å². The zero-order valence-electron chi connectivity index (χ0n) is 14.7. The molecule has 1 aliphatic heterocycles. The molecule has 0 amide bonds. The van der Waals surface area contributed by atoms with Crippen LogP contribution in [0.25, 0.3) is 27.6 Å². The van der Waals surface area contributed by atoms with Crippen molar-refractivity contribution in [2.75, 3.05) is 13.6 Å². The molecule has 0 aliphatic carbocycles. The Morgan fingerprint density at radius 3 is 3.00 bits per heavy atom. The van der Waals surface area contributed by atoms with E-state index in [4.69, 9.17) is 11.6 Å². The third-order valence-electron chi connectivity index (χ3n) is 5.67. The van der Waals surface area contributed by atoms with E-state index < -0.39 is 0 Å². The molecule has 2 aromatic heterocycles. The van der Waals surface area contributed by atoms with Gasteiger partial charge in [-0.3, -0.25) is 4.57 Å². The van der Waals surface area contributed by atoms with E-state index in [0.717, 1.165) is 23.1 Å². The molecular weight excluding hydrogens is 344 g/mol. The van der Waals surface area contributed by atoms with Crippen LogP contribution >= 0.6 is 11.6 Å². The van der Waals surface area contributed by atoms with Gasteiger partial charge < -0.3 is 9.88 Å². The predicted molar refractivity (Wildman–Crippen MR) is 107 cm³/mol. The summed E-state index contributed by atoms with van der Waals surface area (Å²) in [7, 11) is 2.24. The molecule has 1 atom stereocenters. The number of fused-ring (bicyclic) bond motifs is 2. The highest BCUT2D eigenvalue weighted by Gasteiger charge is 2.22. The van der Waals surface area contributed by atoms with Crippen molar-refractivity contribution in [3.63, 3.8) is 0 Å². The highest BCUT2D eigenvalue weighted by atomic mass is 35.5. The number of hydrogen-bond acceptors (Lipinski definition) is 2. The van der Waals surface area contributed by atoms with Crippen LogP contribution in [0.3, 0.4) is 0 Å². The molecule has 0 bridgehead atoms. The van der Waals surface area contributed by atoms with Crippen molar-refractivity contribution in [2.24, 2.45) is 0 Å². The fourth-order valence-corrected chi connectivity index (χ4v) is 4.33. The van der Waals surface area contributed by atoms with Crippen molar-refractivity contribution in [3.8, 4) is 5.69 Å². The van der Waals surface area contributed by atoms with E-state index in [9.17, 15) is 0 Å². The first kappa shape index (κ1) is 15.9. The molecule has 4 aromatic rings. The maximum atomic E-state index is 6.09. The minimum Gasteiger partial charge on any atom is -0.361 e. The molecule has 132 valence electrons. The van der Waals surface area contributed by atoms with E-state index >= 15 is 0 Å². The van der Waals surface area contributed by atoms with Crippen molar-refractivity contribution in [2.45, 2.75) is 25.3 Å². The minimum atomic E-state index is 0.647. The first-order valence-electron chi connectivity index (χ1n) is 9.12. The average Bonchev–Trinajstić information content (AvgIpc) is 3.34. The molecule has 5 heteroatoms. The molecule has 5 rings (SSSR count). The van der Waals surface area contributed by atoms with Gasteiger partial charge in [0.05, 0.1) is 11.0 Å². The smallest absolute Gasteiger partial charge is 0.100 e. The number of H-pyrrole nitrogens is 1. The van der Waals surface area contributed by atoms with Gasteiger partial charge in [-0.05, 0) is 74.8 Å². The number of likely N-dealkylation sites (tertiary alicyclic amines) is 1. The number of halogens is 1. The largest absolute Gasteiger partial charge is 0.361 e. The van der Waals surface area contributed by atoms with E-state index in [1.807, 2.05) is 24.5 Å². The Hall–Kier alpha value is -2.30. The predicted octanol–water partition coefficient (Wildman–Crippen LogP) is 4.80. The highest BCUT2D eigenvalue weighted by molar-refractivity contribution is 6.31. The summed E-state index contributed by atoms with van der Waals surface area (Å²) in [4.78, 5) is 10.4. The summed E-state index contributed by atoms with van der Waals surface area (Å²) >= 11 is 6.09. The summed E-state index contributed by atoms with van der Waals surface area (Å²) < 4.78 is 2.13. The van der Waals surface area contributed by atoms with Gasteiger partial charge in [0.1, 0.15) is 6.33 Å². The first-order valence-corrected chi connectivity index (χ1v) is 9.50. The molecule has 4 nitrogen and oxygen atoms in total. The number of nitrogens with one attached hydrogen (secondary N) is 1. The third kappa shape index (κ3) is 2.61. The molecule has 1 saturated heterocycles. The second-order valence-corrected chi connectivity index (χ2v) is 7.71. The van der Waals surface area contributed by atoms with E-state index in [1.165, 1.54) is 35.9 Å². The molecule has 1 aliphatic rings. The van der Waals surface area contributed by atoms with Crippen molar-refractivity contribution in [1.29, 1.82) is 0 Å². The number of likely N-dealkylation sites (N-methyl/N-ethyl adjacent to an activating group) is 1. The summed E-state index contributed by atoms with van der Waals surface area (Å²) in [6, 6.07) is 13.1. The van der Waals surface area contributed by atoms with E-state index in [0.29, 0.717) is 11.1 Å². The number of imidazole rings is 1. The van der Waals surface area contributed by atoms with Crippen LogP contribution in [0, 0.1) is 0 Å². The lowest BCUT2D eigenvalue weighted by Gasteiger charge is -2.18. The zero-order chi connectivity index (χ0) is 17.7. The van der Waals surface area contributed by atoms with E-state index in [-0.39, 0.29) is 0 Å².